The molecule has 0 radical (unpaired) electrons. The van der Waals surface area contributed by atoms with E-state index in [0.717, 1.165) is 0 Å². The molecule has 37 heavy (non-hydrogen) atoms. The largest absolute Gasteiger partial charge is 0.359 e. The van der Waals surface area contributed by atoms with E-state index < -0.39 is 59.0 Å². The Bertz CT molecular complexity index is 1500. The van der Waals surface area contributed by atoms with E-state index >= 15 is 0 Å². The number of guanidine groups is 1. The molecule has 1 aliphatic carbocycles. The topological polar surface area (TPSA) is 206 Å². The van der Waals surface area contributed by atoms with Crippen molar-refractivity contribution in [1.29, 1.82) is 0 Å². The molecule has 0 saturated heterocycles. The van der Waals surface area contributed by atoms with Crippen molar-refractivity contribution in [1.82, 2.24) is 9.03 Å². The summed E-state index contributed by atoms with van der Waals surface area (Å²) in [5.41, 5.74) is -1.56. The fraction of sp³-hybridized carbons (Fsp3) is 0.381. The minimum Gasteiger partial charge on any atom is -0.359 e. The summed E-state index contributed by atoms with van der Waals surface area (Å²) in [5.74, 6) is -0.316. The molecule has 0 bridgehead atoms. The zero-order valence-electron chi connectivity index (χ0n) is 19.9. The number of primary sulfonamides is 1. The van der Waals surface area contributed by atoms with Gasteiger partial charge in [-0.25, -0.2) is 31.8 Å². The van der Waals surface area contributed by atoms with Gasteiger partial charge < -0.3 is 10.6 Å². The minimum atomic E-state index is -4.80. The lowest BCUT2D eigenvalue weighted by atomic mass is 9.90. The molecule has 0 spiro atoms. The number of nitrogens with two attached hydrogens (primary N) is 2. The Kier molecular flexibility index (Phi) is 7.02. The molecule has 2 aliphatic rings. The molecule has 7 N–H and O–H groups in total. The lowest BCUT2D eigenvalue weighted by Crippen LogP contribution is -2.80. The van der Waals surface area contributed by atoms with Crippen molar-refractivity contribution >= 4 is 47.6 Å². The molecule has 2 unspecified atom stereocenters. The highest BCUT2D eigenvalue weighted by Gasteiger charge is 2.65. The van der Waals surface area contributed by atoms with Crippen molar-refractivity contribution in [3.8, 4) is 0 Å². The number of rotatable bonds is 9. The lowest BCUT2D eigenvalue weighted by Gasteiger charge is -2.54. The van der Waals surface area contributed by atoms with Gasteiger partial charge in [0.25, 0.3) is 0 Å². The highest BCUT2D eigenvalue weighted by Crippen LogP contribution is 2.41. The third-order valence-corrected chi connectivity index (χ3v) is 11.1. The number of benzene rings is 2. The molecular weight excluding hydrogens is 542 g/mol. The summed E-state index contributed by atoms with van der Waals surface area (Å²) >= 11 is 0. The standard InChI is InChI=1S/C21H29N7O6S3/c1-20(36(22,31)32)14-24-19(26-16-8-4-2-5-9-16)28(37(23,33)34)21(20,27-17-10-6-3-7-11-17)15-25-35(29,30)18-12-13-18/h2-11,18,25,27H,12-15H2,1H3,(H,24,26)(H2,22,31,32)(H2,23,33,34). The van der Waals surface area contributed by atoms with E-state index in [1.807, 2.05) is 0 Å². The van der Waals surface area contributed by atoms with Crippen LogP contribution in [0, 0.1) is 0 Å². The summed E-state index contributed by atoms with van der Waals surface area (Å²) in [6.45, 7) is -0.0394. The van der Waals surface area contributed by atoms with Gasteiger partial charge >= 0.3 is 10.2 Å². The van der Waals surface area contributed by atoms with Gasteiger partial charge in [0, 0.05) is 11.4 Å². The highest BCUT2D eigenvalue weighted by molar-refractivity contribution is 7.91. The van der Waals surface area contributed by atoms with Gasteiger partial charge in [-0.15, -0.1) is 0 Å². The number of nitrogens with zero attached hydrogens (tertiary/aromatic N) is 2. The third-order valence-electron chi connectivity index (χ3n) is 6.47. The van der Waals surface area contributed by atoms with Crippen LogP contribution in [-0.2, 0) is 30.3 Å². The number of anilines is 2. The maximum atomic E-state index is 13.2. The minimum absolute atomic E-state index is 0.289. The maximum Gasteiger partial charge on any atom is 0.303 e. The fourth-order valence-corrected chi connectivity index (χ4v) is 7.65. The van der Waals surface area contributed by atoms with Crippen LogP contribution >= 0.6 is 0 Å². The SMILES string of the molecule is CC1(S(N)(=O)=O)CN=C(Nc2ccccc2)N(S(N)(=O)=O)C1(CNS(=O)(=O)C1CC1)Nc1ccccc1. The van der Waals surface area contributed by atoms with Gasteiger partial charge in [0.05, 0.1) is 18.3 Å². The van der Waals surface area contributed by atoms with Gasteiger partial charge in [-0.2, -0.15) is 12.7 Å². The van der Waals surface area contributed by atoms with Gasteiger partial charge in [0.15, 0.2) is 5.66 Å². The zero-order chi connectivity index (χ0) is 27.1. The Morgan fingerprint density at radius 1 is 0.919 bits per heavy atom. The van der Waals surface area contributed by atoms with E-state index in [-0.39, 0.29) is 11.6 Å². The lowest BCUT2D eigenvalue weighted by molar-refractivity contribution is 0.214. The number of nitrogens with one attached hydrogen (secondary N) is 3. The van der Waals surface area contributed by atoms with Gasteiger partial charge in [0.1, 0.15) is 4.75 Å². The van der Waals surface area contributed by atoms with Crippen LogP contribution in [-0.4, -0.2) is 64.3 Å². The van der Waals surface area contributed by atoms with Gasteiger partial charge in [-0.1, -0.05) is 36.4 Å². The zero-order valence-corrected chi connectivity index (χ0v) is 22.4. The number of para-hydroxylation sites is 2. The van der Waals surface area contributed by atoms with Crippen LogP contribution in [0.3, 0.4) is 0 Å². The Morgan fingerprint density at radius 3 is 1.95 bits per heavy atom. The van der Waals surface area contributed by atoms with E-state index in [1.165, 1.54) is 6.92 Å². The molecular formula is C21H29N7O6S3. The van der Waals surface area contributed by atoms with Crippen LogP contribution in [0.15, 0.2) is 65.7 Å². The van der Waals surface area contributed by atoms with Crippen molar-refractivity contribution in [2.45, 2.75) is 35.4 Å². The Hall–Kier alpha value is -2.76. The van der Waals surface area contributed by atoms with Gasteiger partial charge in [-0.3, -0.25) is 4.99 Å². The Labute approximate surface area is 216 Å². The summed E-state index contributed by atoms with van der Waals surface area (Å²) in [6.07, 6.45) is 0.865. The Balaban J connectivity index is 1.96. The van der Waals surface area contributed by atoms with Crippen molar-refractivity contribution in [2.24, 2.45) is 15.3 Å². The molecule has 1 fully saturated rings. The molecule has 0 amide bonds. The smallest absolute Gasteiger partial charge is 0.303 e. The molecule has 4 rings (SSSR count). The van der Waals surface area contributed by atoms with Crippen LogP contribution in [0.1, 0.15) is 19.8 Å². The number of sulfonamides is 2. The highest BCUT2D eigenvalue weighted by atomic mass is 32.2. The van der Waals surface area contributed by atoms with E-state index in [0.29, 0.717) is 22.8 Å². The molecule has 2 aromatic carbocycles. The van der Waals surface area contributed by atoms with Crippen LogP contribution in [0.2, 0.25) is 0 Å². The molecule has 1 saturated carbocycles. The predicted octanol–water partition coefficient (Wildman–Crippen LogP) is -0.0890. The summed E-state index contributed by atoms with van der Waals surface area (Å²) in [4.78, 5) is 4.22. The van der Waals surface area contributed by atoms with Crippen molar-refractivity contribution in [3.05, 3.63) is 60.7 Å². The average molecular weight is 572 g/mol. The second kappa shape index (κ2) is 9.52. The van der Waals surface area contributed by atoms with Crippen LogP contribution in [0.5, 0.6) is 0 Å². The number of hydrogen-bond acceptors (Lipinski definition) is 9. The average Bonchev–Trinajstić information content (AvgIpc) is 3.66. The van der Waals surface area contributed by atoms with Gasteiger partial charge in [-0.05, 0) is 44.0 Å². The van der Waals surface area contributed by atoms with Gasteiger partial charge in [0.2, 0.25) is 26.0 Å². The maximum absolute atomic E-state index is 13.2. The summed E-state index contributed by atoms with van der Waals surface area (Å²) in [6, 6.07) is 16.5. The first-order chi connectivity index (χ1) is 17.2. The molecule has 1 heterocycles. The third kappa shape index (κ3) is 5.30. The molecule has 16 heteroatoms. The fourth-order valence-electron chi connectivity index (χ4n) is 4.17. The second-order valence-electron chi connectivity index (χ2n) is 9.13. The normalized spacial score (nSPS) is 24.8. The van der Waals surface area contributed by atoms with Crippen molar-refractivity contribution in [3.63, 3.8) is 0 Å². The van der Waals surface area contributed by atoms with E-state index in [1.54, 1.807) is 60.7 Å². The van der Waals surface area contributed by atoms with Crippen molar-refractivity contribution < 1.29 is 25.3 Å². The van der Waals surface area contributed by atoms with E-state index in [4.69, 9.17) is 10.3 Å². The molecule has 0 aromatic heterocycles. The number of hydrogen-bond donors (Lipinski definition) is 5. The summed E-state index contributed by atoms with van der Waals surface area (Å²) in [5, 5.41) is 16.5. The van der Waals surface area contributed by atoms with Crippen LogP contribution in [0.25, 0.3) is 0 Å². The monoisotopic (exact) mass is 571 g/mol. The van der Waals surface area contributed by atoms with E-state index in [2.05, 4.69) is 20.3 Å². The summed E-state index contributed by atoms with van der Waals surface area (Å²) < 4.78 is 79.2. The molecule has 1 aliphatic heterocycles. The second-order valence-corrected chi connectivity index (χ2v) is 14.6. The molecule has 2 aromatic rings. The van der Waals surface area contributed by atoms with E-state index in [9.17, 15) is 25.3 Å². The first kappa shape index (κ1) is 27.3. The molecule has 2 atom stereocenters. The summed E-state index contributed by atoms with van der Waals surface area (Å²) in [7, 11) is -13.3. The van der Waals surface area contributed by atoms with Crippen LogP contribution < -0.4 is 25.6 Å². The number of aliphatic imine (C=N–C) groups is 1. The quantitative estimate of drug-likeness (QED) is 0.274. The predicted molar refractivity (Wildman–Crippen MR) is 142 cm³/mol. The van der Waals surface area contributed by atoms with Crippen LogP contribution in [0.4, 0.5) is 11.4 Å². The first-order valence-electron chi connectivity index (χ1n) is 11.2. The van der Waals surface area contributed by atoms with Crippen molar-refractivity contribution in [2.75, 3.05) is 23.7 Å². The Morgan fingerprint density at radius 2 is 1.46 bits per heavy atom. The molecule has 202 valence electrons. The molecule has 13 nitrogen and oxygen atoms in total. The first-order valence-corrected chi connectivity index (χ1v) is 15.8.